The van der Waals surface area contributed by atoms with Gasteiger partial charge in [-0.2, -0.15) is 0 Å². The van der Waals surface area contributed by atoms with Gasteiger partial charge < -0.3 is 24.1 Å². The number of halogens is 1. The molecule has 8 heteroatoms. The molecule has 0 radical (unpaired) electrons. The fourth-order valence-electron chi connectivity index (χ4n) is 3.77. The normalized spacial score (nSPS) is 23.5. The summed E-state index contributed by atoms with van der Waals surface area (Å²) in [5.74, 6) is 0.894. The van der Waals surface area contributed by atoms with Crippen LogP contribution in [0, 0.1) is 6.92 Å². The van der Waals surface area contributed by atoms with Crippen LogP contribution in [0.3, 0.4) is 0 Å². The van der Waals surface area contributed by atoms with Crippen molar-refractivity contribution in [2.75, 3.05) is 33.4 Å². The number of aromatic nitrogens is 2. The summed E-state index contributed by atoms with van der Waals surface area (Å²) < 4.78 is 13.9. The van der Waals surface area contributed by atoms with Crippen LogP contribution in [0.15, 0.2) is 29.4 Å². The van der Waals surface area contributed by atoms with E-state index in [2.05, 4.69) is 43.8 Å². The summed E-state index contributed by atoms with van der Waals surface area (Å²) in [6.07, 6.45) is 4.65. The maximum absolute atomic E-state index is 5.94. The first-order valence-electron chi connectivity index (χ1n) is 9.37. The summed E-state index contributed by atoms with van der Waals surface area (Å²) in [4.78, 5) is 11.4. The van der Waals surface area contributed by atoms with Gasteiger partial charge in [0.2, 0.25) is 0 Å². The lowest BCUT2D eigenvalue weighted by Gasteiger charge is -2.37. The highest BCUT2D eigenvalue weighted by molar-refractivity contribution is 14.0. The zero-order valence-electron chi connectivity index (χ0n) is 15.9. The summed E-state index contributed by atoms with van der Waals surface area (Å²) in [5, 5.41) is 3.45. The molecule has 2 unspecified atom stereocenters. The largest absolute Gasteiger partial charge is 0.375 e. The van der Waals surface area contributed by atoms with Crippen LogP contribution in [0.25, 0.3) is 5.65 Å². The summed E-state index contributed by atoms with van der Waals surface area (Å²) in [7, 11) is 1.83. The molecule has 27 heavy (non-hydrogen) atoms. The maximum Gasteiger partial charge on any atom is 0.194 e. The van der Waals surface area contributed by atoms with E-state index in [4.69, 9.17) is 9.47 Å². The molecule has 148 valence electrons. The molecule has 2 aliphatic rings. The topological polar surface area (TPSA) is 63.4 Å². The molecule has 4 heterocycles. The van der Waals surface area contributed by atoms with Crippen LogP contribution in [-0.4, -0.2) is 65.8 Å². The van der Waals surface area contributed by atoms with Gasteiger partial charge in [0, 0.05) is 38.6 Å². The number of morpholine rings is 1. The van der Waals surface area contributed by atoms with E-state index in [0.717, 1.165) is 49.8 Å². The number of nitrogens with one attached hydrogen (secondary N) is 1. The number of hydrogen-bond acceptors (Lipinski definition) is 4. The average Bonchev–Trinajstić information content (AvgIpc) is 3.33. The van der Waals surface area contributed by atoms with Crippen molar-refractivity contribution in [1.82, 2.24) is 19.6 Å². The predicted octanol–water partition coefficient (Wildman–Crippen LogP) is 2.22. The van der Waals surface area contributed by atoms with Crippen molar-refractivity contribution < 1.29 is 9.47 Å². The minimum Gasteiger partial charge on any atom is -0.375 e. The van der Waals surface area contributed by atoms with Gasteiger partial charge >= 0.3 is 0 Å². The predicted molar refractivity (Wildman–Crippen MR) is 116 cm³/mol. The van der Waals surface area contributed by atoms with E-state index in [-0.39, 0.29) is 36.2 Å². The van der Waals surface area contributed by atoms with Crippen LogP contribution in [-0.2, 0) is 16.0 Å². The lowest BCUT2D eigenvalue weighted by atomic mass is 10.1. The molecule has 1 N–H and O–H groups in total. The van der Waals surface area contributed by atoms with Crippen molar-refractivity contribution in [3.8, 4) is 0 Å². The van der Waals surface area contributed by atoms with Crippen molar-refractivity contribution in [1.29, 1.82) is 0 Å². The minimum absolute atomic E-state index is 0. The van der Waals surface area contributed by atoms with Crippen LogP contribution < -0.4 is 5.32 Å². The number of pyridine rings is 1. The third kappa shape index (κ3) is 4.55. The van der Waals surface area contributed by atoms with E-state index in [1.165, 1.54) is 5.69 Å². The van der Waals surface area contributed by atoms with Crippen LogP contribution in [0.1, 0.15) is 24.2 Å². The molecule has 4 rings (SSSR count). The molecule has 2 saturated heterocycles. The smallest absolute Gasteiger partial charge is 0.194 e. The number of fused-ring (bicyclic) bond motifs is 1. The second-order valence-corrected chi connectivity index (χ2v) is 6.94. The van der Waals surface area contributed by atoms with Gasteiger partial charge in [-0.3, -0.25) is 4.99 Å². The second kappa shape index (κ2) is 9.20. The first kappa shape index (κ1) is 20.3. The van der Waals surface area contributed by atoms with Crippen molar-refractivity contribution in [2.45, 2.75) is 38.5 Å². The van der Waals surface area contributed by atoms with E-state index in [1.807, 2.05) is 19.2 Å². The fourth-order valence-corrected chi connectivity index (χ4v) is 3.77. The van der Waals surface area contributed by atoms with Gasteiger partial charge in [0.25, 0.3) is 0 Å². The number of nitrogens with zero attached hydrogens (tertiary/aromatic N) is 4. The van der Waals surface area contributed by atoms with Crippen molar-refractivity contribution in [2.24, 2.45) is 4.99 Å². The molecule has 2 aromatic heterocycles. The SMILES string of the molecule is CN=C(NCc1cn2c(C)cccc2n1)N1CCOC(C2CCCO2)C1.I. The Morgan fingerprint density at radius 1 is 1.30 bits per heavy atom. The summed E-state index contributed by atoms with van der Waals surface area (Å²) in [5.41, 5.74) is 3.16. The van der Waals surface area contributed by atoms with E-state index in [9.17, 15) is 0 Å². The van der Waals surface area contributed by atoms with Crippen LogP contribution in [0.5, 0.6) is 0 Å². The second-order valence-electron chi connectivity index (χ2n) is 6.94. The zero-order chi connectivity index (χ0) is 17.9. The quantitative estimate of drug-likeness (QED) is 0.411. The average molecular weight is 485 g/mol. The van der Waals surface area contributed by atoms with Gasteiger partial charge in [-0.25, -0.2) is 4.98 Å². The number of aryl methyl sites for hydroxylation is 1. The van der Waals surface area contributed by atoms with Gasteiger partial charge in [0.1, 0.15) is 11.8 Å². The van der Waals surface area contributed by atoms with Gasteiger partial charge in [-0.1, -0.05) is 6.07 Å². The number of hydrogen-bond donors (Lipinski definition) is 1. The Balaban J connectivity index is 0.00000210. The number of guanidine groups is 1. The Morgan fingerprint density at radius 3 is 2.89 bits per heavy atom. The van der Waals surface area contributed by atoms with E-state index >= 15 is 0 Å². The molecule has 0 amide bonds. The van der Waals surface area contributed by atoms with Crippen LogP contribution >= 0.6 is 24.0 Å². The summed E-state index contributed by atoms with van der Waals surface area (Å²) >= 11 is 0. The molecule has 0 spiro atoms. The fraction of sp³-hybridized carbons (Fsp3) is 0.579. The highest BCUT2D eigenvalue weighted by Gasteiger charge is 2.32. The molecule has 2 fully saturated rings. The molecule has 2 atom stereocenters. The Morgan fingerprint density at radius 2 is 2.15 bits per heavy atom. The highest BCUT2D eigenvalue weighted by Crippen LogP contribution is 2.21. The molecule has 7 nitrogen and oxygen atoms in total. The molecule has 0 saturated carbocycles. The van der Waals surface area contributed by atoms with Gasteiger partial charge in [0.15, 0.2) is 5.96 Å². The van der Waals surface area contributed by atoms with E-state index in [1.54, 1.807) is 0 Å². The van der Waals surface area contributed by atoms with Crippen LogP contribution in [0.4, 0.5) is 0 Å². The minimum atomic E-state index is 0. The molecule has 0 aliphatic carbocycles. The van der Waals surface area contributed by atoms with E-state index < -0.39 is 0 Å². The third-order valence-electron chi connectivity index (χ3n) is 5.16. The molecule has 0 aromatic carbocycles. The number of imidazole rings is 1. The van der Waals surface area contributed by atoms with Crippen LogP contribution in [0.2, 0.25) is 0 Å². The van der Waals surface area contributed by atoms with Gasteiger partial charge in [-0.05, 0) is 31.9 Å². The van der Waals surface area contributed by atoms with Crippen molar-refractivity contribution in [3.05, 3.63) is 35.8 Å². The maximum atomic E-state index is 5.94. The Labute approximate surface area is 177 Å². The van der Waals surface area contributed by atoms with Gasteiger partial charge in [-0.15, -0.1) is 24.0 Å². The molecular weight excluding hydrogens is 457 g/mol. The van der Waals surface area contributed by atoms with Crippen molar-refractivity contribution in [3.63, 3.8) is 0 Å². The monoisotopic (exact) mass is 485 g/mol. The third-order valence-corrected chi connectivity index (χ3v) is 5.16. The zero-order valence-corrected chi connectivity index (χ0v) is 18.3. The lowest BCUT2D eigenvalue weighted by molar-refractivity contribution is -0.0817. The summed E-state index contributed by atoms with van der Waals surface area (Å²) in [6.45, 7) is 5.95. The Kier molecular flexibility index (Phi) is 6.93. The standard InChI is InChI=1S/C19H27N5O2.HI/c1-14-5-3-7-18-22-15(12-24(14)18)11-21-19(20-2)23-8-10-26-17(13-23)16-6-4-9-25-16;/h3,5,7,12,16-17H,4,6,8-11,13H2,1-2H3,(H,20,21);1H. The molecule has 0 bridgehead atoms. The number of rotatable bonds is 3. The first-order valence-corrected chi connectivity index (χ1v) is 9.37. The molecule has 2 aliphatic heterocycles. The Bertz CT molecular complexity index is 787. The van der Waals surface area contributed by atoms with E-state index in [0.29, 0.717) is 13.2 Å². The Hall–Kier alpha value is -1.39. The highest BCUT2D eigenvalue weighted by atomic mass is 127. The molecular formula is C19H28IN5O2. The summed E-state index contributed by atoms with van der Waals surface area (Å²) in [6, 6.07) is 6.15. The first-order chi connectivity index (χ1) is 12.7. The lowest BCUT2D eigenvalue weighted by Crippen LogP contribution is -2.53. The van der Waals surface area contributed by atoms with Gasteiger partial charge in [0.05, 0.1) is 24.9 Å². The molecule has 2 aromatic rings. The number of aliphatic imine (C=N–C) groups is 1. The van der Waals surface area contributed by atoms with Crippen molar-refractivity contribution >= 4 is 35.6 Å². The number of ether oxygens (including phenoxy) is 2.